The summed E-state index contributed by atoms with van der Waals surface area (Å²) in [5.74, 6) is -1.64. The standard InChI is InChI=1S/C9H16FNO/c1-4-9(10)7-11(8(2)3)5-6-12-9/h4,8H,1,5-7H2,2-3H3. The fourth-order valence-corrected chi connectivity index (χ4v) is 1.30. The highest BCUT2D eigenvalue weighted by atomic mass is 19.2. The van der Waals surface area contributed by atoms with E-state index in [9.17, 15) is 4.39 Å². The second-order valence-electron chi connectivity index (χ2n) is 3.40. The van der Waals surface area contributed by atoms with E-state index < -0.39 is 5.85 Å². The monoisotopic (exact) mass is 173 g/mol. The molecule has 1 aliphatic heterocycles. The van der Waals surface area contributed by atoms with Crippen LogP contribution in [0.15, 0.2) is 12.7 Å². The molecule has 0 bridgehead atoms. The summed E-state index contributed by atoms with van der Waals surface area (Å²) < 4.78 is 18.5. The molecule has 3 heteroatoms. The van der Waals surface area contributed by atoms with Crippen molar-refractivity contribution >= 4 is 0 Å². The maximum absolute atomic E-state index is 13.5. The molecule has 0 N–H and O–H groups in total. The van der Waals surface area contributed by atoms with E-state index in [1.807, 2.05) is 4.90 Å². The fraction of sp³-hybridized carbons (Fsp3) is 0.778. The van der Waals surface area contributed by atoms with Crippen LogP contribution in [0.5, 0.6) is 0 Å². The van der Waals surface area contributed by atoms with E-state index in [0.717, 1.165) is 6.54 Å². The summed E-state index contributed by atoms with van der Waals surface area (Å²) in [5.41, 5.74) is 0. The average molecular weight is 173 g/mol. The van der Waals surface area contributed by atoms with Gasteiger partial charge in [0.1, 0.15) is 0 Å². The molecule has 0 aromatic heterocycles. The van der Waals surface area contributed by atoms with Crippen LogP contribution in [-0.4, -0.2) is 36.5 Å². The van der Waals surface area contributed by atoms with Gasteiger partial charge in [0, 0.05) is 12.6 Å². The molecule has 0 radical (unpaired) electrons. The zero-order valence-electron chi connectivity index (χ0n) is 7.72. The van der Waals surface area contributed by atoms with Crippen LogP contribution in [0.2, 0.25) is 0 Å². The summed E-state index contributed by atoms with van der Waals surface area (Å²) in [5, 5.41) is 0. The molecule has 1 unspecified atom stereocenters. The van der Waals surface area contributed by atoms with Gasteiger partial charge in [0.2, 0.25) is 5.85 Å². The second-order valence-corrected chi connectivity index (χ2v) is 3.40. The van der Waals surface area contributed by atoms with Crippen molar-refractivity contribution in [2.24, 2.45) is 0 Å². The van der Waals surface area contributed by atoms with Crippen LogP contribution in [0.25, 0.3) is 0 Å². The first-order valence-corrected chi connectivity index (χ1v) is 4.28. The molecule has 2 nitrogen and oxygen atoms in total. The first-order chi connectivity index (χ1) is 5.57. The summed E-state index contributed by atoms with van der Waals surface area (Å²) >= 11 is 0. The molecule has 1 aliphatic rings. The van der Waals surface area contributed by atoms with E-state index >= 15 is 0 Å². The Morgan fingerprint density at radius 1 is 1.67 bits per heavy atom. The highest BCUT2D eigenvalue weighted by molar-refractivity contribution is 4.93. The maximum Gasteiger partial charge on any atom is 0.241 e. The molecule has 0 aliphatic carbocycles. The molecule has 1 heterocycles. The van der Waals surface area contributed by atoms with E-state index in [0.29, 0.717) is 19.2 Å². The van der Waals surface area contributed by atoms with Crippen LogP contribution in [-0.2, 0) is 4.74 Å². The SMILES string of the molecule is C=CC1(F)CN(C(C)C)CCO1. The van der Waals surface area contributed by atoms with Crippen LogP contribution in [0, 0.1) is 0 Å². The maximum atomic E-state index is 13.5. The normalized spacial score (nSPS) is 32.3. The topological polar surface area (TPSA) is 12.5 Å². The van der Waals surface area contributed by atoms with Crippen LogP contribution >= 0.6 is 0 Å². The molecule has 0 aromatic rings. The van der Waals surface area contributed by atoms with Crippen LogP contribution in [0.4, 0.5) is 4.39 Å². The van der Waals surface area contributed by atoms with Gasteiger partial charge in [-0.15, -0.1) is 0 Å². The molecule has 0 spiro atoms. The third kappa shape index (κ3) is 2.05. The molecule has 1 rings (SSSR count). The van der Waals surface area contributed by atoms with Crippen LogP contribution < -0.4 is 0 Å². The highest BCUT2D eigenvalue weighted by Crippen LogP contribution is 2.21. The molecule has 0 aromatic carbocycles. The summed E-state index contributed by atoms with van der Waals surface area (Å²) in [6.07, 6.45) is 1.24. The van der Waals surface area contributed by atoms with Crippen molar-refractivity contribution in [3.63, 3.8) is 0 Å². The average Bonchev–Trinajstić information content (AvgIpc) is 2.05. The highest BCUT2D eigenvalue weighted by Gasteiger charge is 2.34. The molecule has 0 amide bonds. The third-order valence-electron chi connectivity index (χ3n) is 2.17. The number of nitrogens with zero attached hydrogens (tertiary/aromatic N) is 1. The quantitative estimate of drug-likeness (QED) is 0.588. The first-order valence-electron chi connectivity index (χ1n) is 4.28. The van der Waals surface area contributed by atoms with E-state index in [4.69, 9.17) is 4.74 Å². The molecular weight excluding hydrogens is 157 g/mol. The zero-order valence-corrected chi connectivity index (χ0v) is 7.72. The number of hydrogen-bond donors (Lipinski definition) is 0. The van der Waals surface area contributed by atoms with E-state index in [-0.39, 0.29) is 0 Å². The number of hydrogen-bond acceptors (Lipinski definition) is 2. The van der Waals surface area contributed by atoms with Gasteiger partial charge >= 0.3 is 0 Å². The molecule has 70 valence electrons. The Bertz CT molecular complexity index is 172. The largest absolute Gasteiger partial charge is 0.340 e. The minimum atomic E-state index is -1.64. The van der Waals surface area contributed by atoms with Crippen molar-refractivity contribution < 1.29 is 9.13 Å². The van der Waals surface area contributed by atoms with Gasteiger partial charge < -0.3 is 4.74 Å². The summed E-state index contributed by atoms with van der Waals surface area (Å²) in [6, 6.07) is 0.365. The first kappa shape index (κ1) is 9.68. The molecule has 0 saturated carbocycles. The van der Waals surface area contributed by atoms with Crippen molar-refractivity contribution in [2.45, 2.75) is 25.7 Å². The Hall–Kier alpha value is -0.410. The molecular formula is C9H16FNO. The minimum absolute atomic E-state index is 0.300. The summed E-state index contributed by atoms with van der Waals surface area (Å²) in [4.78, 5) is 2.05. The van der Waals surface area contributed by atoms with Gasteiger partial charge in [-0.1, -0.05) is 6.58 Å². The van der Waals surface area contributed by atoms with Gasteiger partial charge in [0.25, 0.3) is 0 Å². The summed E-state index contributed by atoms with van der Waals surface area (Å²) in [6.45, 7) is 9.07. The molecule has 1 saturated heterocycles. The van der Waals surface area contributed by atoms with Gasteiger partial charge in [0.05, 0.1) is 13.2 Å². The minimum Gasteiger partial charge on any atom is -0.340 e. The number of rotatable bonds is 2. The Morgan fingerprint density at radius 2 is 2.33 bits per heavy atom. The Kier molecular flexibility index (Phi) is 2.85. The summed E-state index contributed by atoms with van der Waals surface area (Å²) in [7, 11) is 0. The van der Waals surface area contributed by atoms with Crippen molar-refractivity contribution in [2.75, 3.05) is 19.7 Å². The number of alkyl halides is 1. The van der Waals surface area contributed by atoms with Gasteiger partial charge in [-0.3, -0.25) is 4.90 Å². The Labute approximate surface area is 73.0 Å². The number of ether oxygens (including phenoxy) is 1. The van der Waals surface area contributed by atoms with Crippen molar-refractivity contribution in [3.8, 4) is 0 Å². The third-order valence-corrected chi connectivity index (χ3v) is 2.17. The zero-order chi connectivity index (χ0) is 9.19. The van der Waals surface area contributed by atoms with Crippen molar-refractivity contribution in [1.29, 1.82) is 0 Å². The van der Waals surface area contributed by atoms with Crippen LogP contribution in [0.3, 0.4) is 0 Å². The predicted octanol–water partition coefficient (Wildman–Crippen LogP) is 1.58. The lowest BCUT2D eigenvalue weighted by Gasteiger charge is -2.37. The van der Waals surface area contributed by atoms with Gasteiger partial charge in [0.15, 0.2) is 0 Å². The van der Waals surface area contributed by atoms with Crippen molar-refractivity contribution in [1.82, 2.24) is 4.90 Å². The lowest BCUT2D eigenvalue weighted by atomic mass is 10.2. The van der Waals surface area contributed by atoms with Crippen LogP contribution in [0.1, 0.15) is 13.8 Å². The molecule has 12 heavy (non-hydrogen) atoms. The smallest absolute Gasteiger partial charge is 0.241 e. The molecule has 1 fully saturated rings. The predicted molar refractivity (Wildman–Crippen MR) is 46.7 cm³/mol. The van der Waals surface area contributed by atoms with E-state index in [1.54, 1.807) is 0 Å². The second kappa shape index (κ2) is 3.54. The van der Waals surface area contributed by atoms with E-state index in [2.05, 4.69) is 20.4 Å². The van der Waals surface area contributed by atoms with Crippen molar-refractivity contribution in [3.05, 3.63) is 12.7 Å². The number of morpholine rings is 1. The van der Waals surface area contributed by atoms with Gasteiger partial charge in [-0.05, 0) is 19.9 Å². The fourth-order valence-electron chi connectivity index (χ4n) is 1.30. The lowest BCUT2D eigenvalue weighted by molar-refractivity contribution is -0.161. The number of halogens is 1. The Morgan fingerprint density at radius 3 is 2.83 bits per heavy atom. The van der Waals surface area contributed by atoms with Gasteiger partial charge in [-0.2, -0.15) is 0 Å². The van der Waals surface area contributed by atoms with Gasteiger partial charge in [-0.25, -0.2) is 4.39 Å². The Balaban J connectivity index is 2.56. The molecule has 1 atom stereocenters. The van der Waals surface area contributed by atoms with E-state index in [1.165, 1.54) is 6.08 Å². The lowest BCUT2D eigenvalue weighted by Crippen LogP contribution is -2.50.